The van der Waals surface area contributed by atoms with Gasteiger partial charge in [0.05, 0.1) is 0 Å². The molecule has 0 aromatic carbocycles. The van der Waals surface area contributed by atoms with E-state index in [9.17, 15) is 0 Å². The fraction of sp³-hybridized carbons (Fsp3) is 0.600. The molecule has 0 atom stereocenters. The molecule has 0 unspecified atom stereocenters. The molecule has 5 heteroatoms. The summed E-state index contributed by atoms with van der Waals surface area (Å²) >= 11 is 5.90. The van der Waals surface area contributed by atoms with E-state index in [4.69, 9.17) is 16.6 Å². The molecular formula is C15H23ClN4. The summed E-state index contributed by atoms with van der Waals surface area (Å²) < 4.78 is 2.22. The molecule has 0 aliphatic carbocycles. The molecule has 0 amide bonds. The van der Waals surface area contributed by atoms with Gasteiger partial charge in [0.25, 0.3) is 0 Å². The minimum atomic E-state index is 0.591. The second kappa shape index (κ2) is 7.04. The molecule has 20 heavy (non-hydrogen) atoms. The molecule has 110 valence electrons. The lowest BCUT2D eigenvalue weighted by Crippen LogP contribution is -2.27. The smallest absolute Gasteiger partial charge is 0.160 e. The second-order valence-electron chi connectivity index (χ2n) is 5.00. The Hall–Kier alpha value is -1.13. The van der Waals surface area contributed by atoms with Crippen molar-refractivity contribution in [2.75, 3.05) is 25.5 Å². The van der Waals surface area contributed by atoms with Gasteiger partial charge in [0, 0.05) is 31.6 Å². The van der Waals surface area contributed by atoms with Gasteiger partial charge in [-0.2, -0.15) is 0 Å². The largest absolute Gasteiger partial charge is 0.311 e. The van der Waals surface area contributed by atoms with Crippen LogP contribution in [0.4, 0.5) is 0 Å². The van der Waals surface area contributed by atoms with Gasteiger partial charge in [-0.3, -0.25) is 0 Å². The minimum Gasteiger partial charge on any atom is -0.311 e. The molecule has 2 heterocycles. The van der Waals surface area contributed by atoms with E-state index in [0.717, 1.165) is 55.2 Å². The first-order chi connectivity index (χ1) is 9.69. The van der Waals surface area contributed by atoms with Crippen LogP contribution >= 0.6 is 11.6 Å². The summed E-state index contributed by atoms with van der Waals surface area (Å²) in [4.78, 5) is 11.6. The Bertz CT molecular complexity index is 560. The zero-order chi connectivity index (χ0) is 14.5. The number of aromatic nitrogens is 3. The molecule has 2 aromatic rings. The number of pyridine rings is 1. The summed E-state index contributed by atoms with van der Waals surface area (Å²) in [6, 6.07) is 2.09. The fourth-order valence-electron chi connectivity index (χ4n) is 2.45. The highest BCUT2D eigenvalue weighted by Crippen LogP contribution is 2.16. The van der Waals surface area contributed by atoms with Crippen LogP contribution in [0.1, 0.15) is 25.2 Å². The number of hydrogen-bond acceptors (Lipinski definition) is 3. The van der Waals surface area contributed by atoms with Crippen LogP contribution in [0, 0.1) is 6.92 Å². The third kappa shape index (κ3) is 3.30. The Morgan fingerprint density at radius 1 is 1.30 bits per heavy atom. The van der Waals surface area contributed by atoms with Crippen LogP contribution in [-0.4, -0.2) is 44.9 Å². The van der Waals surface area contributed by atoms with E-state index in [1.54, 1.807) is 0 Å². The lowest BCUT2D eigenvalue weighted by atomic mass is 10.3. The van der Waals surface area contributed by atoms with Crippen LogP contribution in [0.3, 0.4) is 0 Å². The highest BCUT2D eigenvalue weighted by molar-refractivity contribution is 6.17. The standard InChI is InChI=1S/C15H23ClN4/c1-4-19(5-2)8-9-20-14(6-7-16)18-13-10-12(3)11-17-15(13)20/h10-11H,4-9H2,1-3H3. The van der Waals surface area contributed by atoms with Crippen molar-refractivity contribution in [2.45, 2.75) is 33.7 Å². The molecule has 2 rings (SSSR count). The number of nitrogens with zero attached hydrogens (tertiary/aromatic N) is 4. The van der Waals surface area contributed by atoms with Gasteiger partial charge in [0.15, 0.2) is 5.65 Å². The molecule has 0 saturated heterocycles. The van der Waals surface area contributed by atoms with E-state index < -0.39 is 0 Å². The van der Waals surface area contributed by atoms with E-state index in [2.05, 4.69) is 34.4 Å². The van der Waals surface area contributed by atoms with E-state index in [1.165, 1.54) is 0 Å². The predicted molar refractivity (Wildman–Crippen MR) is 84.5 cm³/mol. The summed E-state index contributed by atoms with van der Waals surface area (Å²) in [6.45, 7) is 10.5. The predicted octanol–water partition coefficient (Wildman–Crippen LogP) is 2.86. The molecule has 2 aromatic heterocycles. The molecule has 0 spiro atoms. The normalized spacial score (nSPS) is 11.7. The Morgan fingerprint density at radius 3 is 2.70 bits per heavy atom. The van der Waals surface area contributed by atoms with E-state index >= 15 is 0 Å². The number of alkyl halides is 1. The summed E-state index contributed by atoms with van der Waals surface area (Å²) in [5, 5.41) is 0. The lowest BCUT2D eigenvalue weighted by molar-refractivity contribution is 0.290. The number of halogens is 1. The van der Waals surface area contributed by atoms with Crippen molar-refractivity contribution >= 4 is 22.8 Å². The Morgan fingerprint density at radius 2 is 2.05 bits per heavy atom. The Balaban J connectivity index is 2.30. The molecule has 0 aliphatic rings. The number of fused-ring (bicyclic) bond motifs is 1. The van der Waals surface area contributed by atoms with Gasteiger partial charge < -0.3 is 9.47 Å². The third-order valence-electron chi connectivity index (χ3n) is 3.65. The van der Waals surface area contributed by atoms with E-state index in [0.29, 0.717) is 5.88 Å². The summed E-state index contributed by atoms with van der Waals surface area (Å²) in [6.07, 6.45) is 2.69. The summed E-state index contributed by atoms with van der Waals surface area (Å²) in [7, 11) is 0. The van der Waals surface area contributed by atoms with Crippen molar-refractivity contribution in [3.63, 3.8) is 0 Å². The summed E-state index contributed by atoms with van der Waals surface area (Å²) in [5.41, 5.74) is 3.09. The van der Waals surface area contributed by atoms with E-state index in [1.807, 2.05) is 13.1 Å². The lowest BCUT2D eigenvalue weighted by Gasteiger charge is -2.19. The number of aryl methyl sites for hydroxylation is 2. The third-order valence-corrected chi connectivity index (χ3v) is 3.84. The monoisotopic (exact) mass is 294 g/mol. The Labute approximate surface area is 125 Å². The zero-order valence-corrected chi connectivity index (χ0v) is 13.3. The van der Waals surface area contributed by atoms with Gasteiger partial charge in [0.1, 0.15) is 11.3 Å². The topological polar surface area (TPSA) is 34.0 Å². The zero-order valence-electron chi connectivity index (χ0n) is 12.6. The van der Waals surface area contributed by atoms with Crippen molar-refractivity contribution in [1.29, 1.82) is 0 Å². The molecule has 0 radical (unpaired) electrons. The SMILES string of the molecule is CCN(CC)CCn1c(CCCl)nc2cc(C)cnc21. The number of rotatable bonds is 7. The molecule has 0 N–H and O–H groups in total. The highest BCUT2D eigenvalue weighted by atomic mass is 35.5. The van der Waals surface area contributed by atoms with Gasteiger partial charge >= 0.3 is 0 Å². The second-order valence-corrected chi connectivity index (χ2v) is 5.38. The van der Waals surface area contributed by atoms with E-state index in [-0.39, 0.29) is 0 Å². The molecular weight excluding hydrogens is 272 g/mol. The number of hydrogen-bond donors (Lipinski definition) is 0. The van der Waals surface area contributed by atoms with Crippen LogP contribution in [0.15, 0.2) is 12.3 Å². The number of likely N-dealkylation sites (N-methyl/N-ethyl adjacent to an activating group) is 1. The van der Waals surface area contributed by atoms with Gasteiger partial charge in [-0.05, 0) is 31.6 Å². The maximum Gasteiger partial charge on any atom is 0.160 e. The van der Waals surface area contributed by atoms with Crippen molar-refractivity contribution in [3.8, 4) is 0 Å². The van der Waals surface area contributed by atoms with Crippen molar-refractivity contribution < 1.29 is 0 Å². The van der Waals surface area contributed by atoms with Crippen molar-refractivity contribution in [2.24, 2.45) is 0 Å². The van der Waals surface area contributed by atoms with Crippen LogP contribution in [0.5, 0.6) is 0 Å². The van der Waals surface area contributed by atoms with Crippen molar-refractivity contribution in [1.82, 2.24) is 19.4 Å². The molecule has 0 fully saturated rings. The Kier molecular flexibility index (Phi) is 5.38. The average molecular weight is 295 g/mol. The maximum absolute atomic E-state index is 5.90. The molecule has 0 aliphatic heterocycles. The molecule has 0 bridgehead atoms. The molecule has 4 nitrogen and oxygen atoms in total. The summed E-state index contributed by atoms with van der Waals surface area (Å²) in [5.74, 6) is 1.63. The fourth-order valence-corrected chi connectivity index (χ4v) is 2.62. The first-order valence-electron chi connectivity index (χ1n) is 7.29. The highest BCUT2D eigenvalue weighted by Gasteiger charge is 2.12. The van der Waals surface area contributed by atoms with Gasteiger partial charge in [-0.25, -0.2) is 9.97 Å². The van der Waals surface area contributed by atoms with Gasteiger partial charge in [0.2, 0.25) is 0 Å². The first kappa shape index (κ1) is 15.3. The quantitative estimate of drug-likeness (QED) is 0.736. The van der Waals surface area contributed by atoms with Crippen LogP contribution < -0.4 is 0 Å². The van der Waals surface area contributed by atoms with Gasteiger partial charge in [-0.15, -0.1) is 11.6 Å². The van der Waals surface area contributed by atoms with Crippen LogP contribution in [-0.2, 0) is 13.0 Å². The first-order valence-corrected chi connectivity index (χ1v) is 7.83. The van der Waals surface area contributed by atoms with Gasteiger partial charge in [-0.1, -0.05) is 13.8 Å². The maximum atomic E-state index is 5.90. The molecule has 0 saturated carbocycles. The minimum absolute atomic E-state index is 0.591. The average Bonchev–Trinajstić information content (AvgIpc) is 2.77. The van der Waals surface area contributed by atoms with Crippen LogP contribution in [0.2, 0.25) is 0 Å². The van der Waals surface area contributed by atoms with Crippen LogP contribution in [0.25, 0.3) is 11.2 Å². The van der Waals surface area contributed by atoms with Crippen molar-refractivity contribution in [3.05, 3.63) is 23.7 Å². The number of imidazole rings is 1.